The Morgan fingerprint density at radius 1 is 1.09 bits per heavy atom. The van der Waals surface area contributed by atoms with E-state index in [9.17, 15) is 9.18 Å². The minimum absolute atomic E-state index is 0.0357. The first-order valence-electron chi connectivity index (χ1n) is 11.5. The molecular formula is C26H30FN5O. The predicted octanol–water partition coefficient (Wildman–Crippen LogP) is 5.05. The number of hydrogen-bond acceptors (Lipinski definition) is 5. The Hall–Kier alpha value is -3.32. The molecule has 1 aliphatic heterocycles. The number of nitrogens with one attached hydrogen (secondary N) is 2. The lowest BCUT2D eigenvalue weighted by Crippen LogP contribution is -2.39. The van der Waals surface area contributed by atoms with Gasteiger partial charge < -0.3 is 10.6 Å². The Labute approximate surface area is 194 Å². The molecule has 2 aromatic heterocycles. The summed E-state index contributed by atoms with van der Waals surface area (Å²) in [6, 6.07) is 15.0. The van der Waals surface area contributed by atoms with Gasteiger partial charge in [-0.1, -0.05) is 31.2 Å². The number of pyridine rings is 2. The fourth-order valence-corrected chi connectivity index (χ4v) is 4.30. The van der Waals surface area contributed by atoms with Crippen LogP contribution >= 0.6 is 0 Å². The van der Waals surface area contributed by atoms with E-state index in [4.69, 9.17) is 4.98 Å². The number of amides is 1. The number of rotatable bonds is 7. The van der Waals surface area contributed by atoms with Crippen LogP contribution in [0.1, 0.15) is 42.5 Å². The van der Waals surface area contributed by atoms with Crippen LogP contribution in [-0.2, 0) is 11.2 Å². The van der Waals surface area contributed by atoms with E-state index in [0.29, 0.717) is 24.1 Å². The minimum Gasteiger partial charge on any atom is -0.325 e. The lowest BCUT2D eigenvalue weighted by atomic mass is 9.93. The van der Waals surface area contributed by atoms with Crippen molar-refractivity contribution in [1.82, 2.24) is 14.9 Å². The molecule has 0 saturated carbocycles. The molecule has 1 amide bonds. The first-order chi connectivity index (χ1) is 16.0. The van der Waals surface area contributed by atoms with Crippen molar-refractivity contribution in [3.8, 4) is 0 Å². The van der Waals surface area contributed by atoms with Gasteiger partial charge in [0.25, 0.3) is 0 Å². The predicted molar refractivity (Wildman–Crippen MR) is 129 cm³/mol. The molecule has 3 heterocycles. The first kappa shape index (κ1) is 22.9. The smallest absolute Gasteiger partial charge is 0.238 e. The minimum atomic E-state index is -0.368. The number of carbonyl (C=O) groups is 1. The number of piperidine rings is 1. The summed E-state index contributed by atoms with van der Waals surface area (Å²) >= 11 is 0. The van der Waals surface area contributed by atoms with Crippen LogP contribution in [0.15, 0.2) is 54.7 Å². The van der Waals surface area contributed by atoms with E-state index in [1.807, 2.05) is 37.3 Å². The van der Waals surface area contributed by atoms with Gasteiger partial charge in [0.15, 0.2) is 0 Å². The molecule has 33 heavy (non-hydrogen) atoms. The molecule has 7 heteroatoms. The van der Waals surface area contributed by atoms with Crippen molar-refractivity contribution in [3.63, 3.8) is 0 Å². The first-order valence-corrected chi connectivity index (χ1v) is 11.5. The van der Waals surface area contributed by atoms with Crippen molar-refractivity contribution in [2.75, 3.05) is 30.3 Å². The number of anilines is 3. The van der Waals surface area contributed by atoms with Gasteiger partial charge in [-0.05, 0) is 74.7 Å². The summed E-state index contributed by atoms with van der Waals surface area (Å²) in [6.45, 7) is 6.23. The molecule has 1 fully saturated rings. The number of aryl methyl sites for hydroxylation is 2. The molecule has 4 rings (SSSR count). The van der Waals surface area contributed by atoms with E-state index in [1.54, 1.807) is 6.07 Å². The van der Waals surface area contributed by atoms with Crippen LogP contribution in [0.4, 0.5) is 21.7 Å². The zero-order chi connectivity index (χ0) is 23.2. The van der Waals surface area contributed by atoms with E-state index in [1.165, 1.54) is 12.3 Å². The monoisotopic (exact) mass is 447 g/mol. The molecule has 0 aliphatic carbocycles. The lowest BCUT2D eigenvalue weighted by molar-refractivity contribution is -0.117. The molecule has 1 aromatic carbocycles. The molecule has 1 saturated heterocycles. The molecule has 1 aliphatic rings. The number of carbonyl (C=O) groups excluding carboxylic acids is 1. The second-order valence-corrected chi connectivity index (χ2v) is 8.50. The summed E-state index contributed by atoms with van der Waals surface area (Å²) in [5, 5.41) is 6.25. The summed E-state index contributed by atoms with van der Waals surface area (Å²) in [7, 11) is 0. The number of likely N-dealkylation sites (tertiary alicyclic amines) is 1. The van der Waals surface area contributed by atoms with Crippen LogP contribution in [0, 0.1) is 12.7 Å². The van der Waals surface area contributed by atoms with E-state index < -0.39 is 0 Å². The van der Waals surface area contributed by atoms with Crippen LogP contribution in [0.3, 0.4) is 0 Å². The highest BCUT2D eigenvalue weighted by Gasteiger charge is 2.23. The molecule has 0 bridgehead atoms. The molecular weight excluding hydrogens is 417 g/mol. The normalized spacial score (nSPS) is 14.8. The third-order valence-corrected chi connectivity index (χ3v) is 6.13. The maximum absolute atomic E-state index is 13.1. The summed E-state index contributed by atoms with van der Waals surface area (Å²) in [5.41, 5.74) is 4.23. The zero-order valence-electron chi connectivity index (χ0n) is 19.1. The number of para-hydroxylation sites is 1. The number of nitrogens with zero attached hydrogens (tertiary/aromatic N) is 3. The lowest BCUT2D eigenvalue weighted by Gasteiger charge is -2.31. The topological polar surface area (TPSA) is 70.2 Å². The van der Waals surface area contributed by atoms with Gasteiger partial charge in [0.05, 0.1) is 12.7 Å². The summed E-state index contributed by atoms with van der Waals surface area (Å²) in [6.07, 6.45) is 3.97. The van der Waals surface area contributed by atoms with E-state index in [2.05, 4.69) is 33.5 Å². The van der Waals surface area contributed by atoms with Gasteiger partial charge >= 0.3 is 0 Å². The third kappa shape index (κ3) is 5.93. The Morgan fingerprint density at radius 2 is 1.88 bits per heavy atom. The molecule has 0 spiro atoms. The highest BCUT2D eigenvalue weighted by molar-refractivity contribution is 5.93. The Balaban J connectivity index is 1.31. The largest absolute Gasteiger partial charge is 0.325 e. The molecule has 172 valence electrons. The average Bonchev–Trinajstić information content (AvgIpc) is 2.82. The van der Waals surface area contributed by atoms with Crippen molar-refractivity contribution in [3.05, 3.63) is 77.4 Å². The van der Waals surface area contributed by atoms with Crippen molar-refractivity contribution >= 4 is 23.2 Å². The third-order valence-electron chi connectivity index (χ3n) is 6.13. The second kappa shape index (κ2) is 10.5. The van der Waals surface area contributed by atoms with Crippen LogP contribution in [0.2, 0.25) is 0 Å². The SMILES string of the molecule is CCc1cccc(C)c1NC(=O)CN1CCC(c2cccc(Nc3ccc(F)cn3)n2)CC1. The van der Waals surface area contributed by atoms with E-state index >= 15 is 0 Å². The molecule has 3 aromatic rings. The van der Waals surface area contributed by atoms with Crippen LogP contribution in [0.5, 0.6) is 0 Å². The Morgan fingerprint density at radius 3 is 2.61 bits per heavy atom. The van der Waals surface area contributed by atoms with Gasteiger partial charge in [0, 0.05) is 17.3 Å². The van der Waals surface area contributed by atoms with Gasteiger partial charge in [-0.25, -0.2) is 14.4 Å². The standard InChI is InChI=1S/C26H30FN5O/c1-3-19-7-4-6-18(2)26(19)31-25(33)17-32-14-12-20(13-15-32)22-8-5-9-24(29-22)30-23-11-10-21(27)16-28-23/h4-11,16,20H,3,12-15,17H2,1-2H3,(H,31,33)(H,28,29,30). The average molecular weight is 448 g/mol. The van der Waals surface area contributed by atoms with E-state index in [-0.39, 0.29) is 11.7 Å². The Kier molecular flexibility index (Phi) is 7.29. The van der Waals surface area contributed by atoms with Gasteiger partial charge in [-0.15, -0.1) is 0 Å². The summed E-state index contributed by atoms with van der Waals surface area (Å²) < 4.78 is 13.1. The van der Waals surface area contributed by atoms with Gasteiger partial charge in [-0.3, -0.25) is 9.69 Å². The number of benzene rings is 1. The van der Waals surface area contributed by atoms with Gasteiger partial charge in [0.1, 0.15) is 17.5 Å². The second-order valence-electron chi connectivity index (χ2n) is 8.50. The maximum Gasteiger partial charge on any atom is 0.238 e. The summed E-state index contributed by atoms with van der Waals surface area (Å²) in [5.74, 6) is 1.26. The van der Waals surface area contributed by atoms with Gasteiger partial charge in [-0.2, -0.15) is 0 Å². The fourth-order valence-electron chi connectivity index (χ4n) is 4.30. The van der Waals surface area contributed by atoms with Crippen molar-refractivity contribution in [2.24, 2.45) is 0 Å². The molecule has 0 atom stereocenters. The quantitative estimate of drug-likeness (QED) is 0.531. The van der Waals surface area contributed by atoms with Crippen LogP contribution in [-0.4, -0.2) is 40.4 Å². The number of halogens is 1. The van der Waals surface area contributed by atoms with E-state index in [0.717, 1.165) is 54.9 Å². The molecule has 6 nitrogen and oxygen atoms in total. The highest BCUT2D eigenvalue weighted by Crippen LogP contribution is 2.28. The molecule has 0 unspecified atom stereocenters. The van der Waals surface area contributed by atoms with Crippen molar-refractivity contribution in [1.29, 1.82) is 0 Å². The van der Waals surface area contributed by atoms with Crippen molar-refractivity contribution < 1.29 is 9.18 Å². The zero-order valence-corrected chi connectivity index (χ0v) is 19.1. The highest BCUT2D eigenvalue weighted by atomic mass is 19.1. The van der Waals surface area contributed by atoms with Crippen molar-refractivity contribution in [2.45, 2.75) is 39.0 Å². The maximum atomic E-state index is 13.1. The van der Waals surface area contributed by atoms with Gasteiger partial charge in [0.2, 0.25) is 5.91 Å². The molecule has 0 radical (unpaired) electrons. The fraction of sp³-hybridized carbons (Fsp3) is 0.346. The van der Waals surface area contributed by atoms with Crippen LogP contribution < -0.4 is 10.6 Å². The Bertz CT molecular complexity index is 1090. The van der Waals surface area contributed by atoms with Crippen LogP contribution in [0.25, 0.3) is 0 Å². The number of aromatic nitrogens is 2. The summed E-state index contributed by atoms with van der Waals surface area (Å²) in [4.78, 5) is 23.7. The number of hydrogen-bond donors (Lipinski definition) is 2. The molecule has 2 N–H and O–H groups in total.